The van der Waals surface area contributed by atoms with Gasteiger partial charge in [0.15, 0.2) is 11.6 Å². The second-order valence-corrected chi connectivity index (χ2v) is 10.00. The predicted molar refractivity (Wildman–Crippen MR) is 138 cm³/mol. The number of aromatic nitrogens is 1. The van der Waals surface area contributed by atoms with Crippen molar-refractivity contribution in [2.45, 2.75) is 44.7 Å². The number of piperazine rings is 1. The van der Waals surface area contributed by atoms with Gasteiger partial charge in [-0.1, -0.05) is 19.3 Å². The molecule has 1 aromatic carbocycles. The van der Waals surface area contributed by atoms with Crippen LogP contribution in [0.4, 0.5) is 8.78 Å². The second-order valence-electron chi connectivity index (χ2n) is 10.00. The lowest BCUT2D eigenvalue weighted by Gasteiger charge is -2.37. The van der Waals surface area contributed by atoms with Crippen LogP contribution in [-0.2, 0) is 20.8 Å². The Kier molecular flexibility index (Phi) is 10.1. The summed E-state index contributed by atoms with van der Waals surface area (Å²) in [5, 5.41) is 9.18. The van der Waals surface area contributed by atoms with Gasteiger partial charge in [-0.2, -0.15) is 0 Å². The van der Waals surface area contributed by atoms with Gasteiger partial charge in [0.1, 0.15) is 5.69 Å². The van der Waals surface area contributed by atoms with Crippen molar-refractivity contribution in [2.75, 3.05) is 59.2 Å². The van der Waals surface area contributed by atoms with Gasteiger partial charge in [0.05, 0.1) is 44.6 Å². The number of aliphatic hydroxyl groups excluding tert-OH is 1. The summed E-state index contributed by atoms with van der Waals surface area (Å²) >= 11 is 0. The molecule has 1 aliphatic carbocycles. The Hall–Kier alpha value is -2.60. The molecule has 2 fully saturated rings. The van der Waals surface area contributed by atoms with Crippen LogP contribution < -0.4 is 5.73 Å². The molecule has 1 atom stereocenters. The van der Waals surface area contributed by atoms with E-state index in [0.717, 1.165) is 37.8 Å². The smallest absolute Gasteiger partial charge is 0.270 e. The summed E-state index contributed by atoms with van der Waals surface area (Å²) in [6, 6.07) is 3.25. The number of hydrogen-bond acceptors (Lipinski definition) is 6. The lowest BCUT2D eigenvalue weighted by atomic mass is 9.83. The van der Waals surface area contributed by atoms with E-state index in [0.29, 0.717) is 56.0 Å². The Morgan fingerprint density at radius 2 is 1.55 bits per heavy atom. The van der Waals surface area contributed by atoms with Gasteiger partial charge in [-0.3, -0.25) is 9.59 Å². The molecule has 3 N–H and O–H groups in total. The van der Waals surface area contributed by atoms with Gasteiger partial charge in [-0.05, 0) is 30.9 Å². The highest BCUT2D eigenvalue weighted by atomic mass is 19.2. The van der Waals surface area contributed by atoms with Crippen LogP contribution in [0.2, 0.25) is 0 Å². The zero-order valence-corrected chi connectivity index (χ0v) is 21.7. The van der Waals surface area contributed by atoms with Gasteiger partial charge in [0, 0.05) is 44.2 Å². The van der Waals surface area contributed by atoms with Crippen LogP contribution in [0.1, 0.15) is 42.6 Å². The molecule has 0 radical (unpaired) electrons. The Labute approximate surface area is 221 Å². The molecule has 9 nitrogen and oxygen atoms in total. The van der Waals surface area contributed by atoms with E-state index in [2.05, 4.69) is 0 Å². The standard InChI is InChI=1S/C27H38F2N4O5/c28-21-16-20-17-24(33(23(20)18-22(21)29)10-12-37-14-15-38-13-11-34)26(35)31-6-8-32(9-7-31)27(36)25(30)19-4-2-1-3-5-19/h16-19,25,34H,1-15,30H2/t25-/m0/s1. The third kappa shape index (κ3) is 6.69. The number of carbonyl (C=O) groups excluding carboxylic acids is 2. The van der Waals surface area contributed by atoms with Crippen molar-refractivity contribution in [1.29, 1.82) is 0 Å². The van der Waals surface area contributed by atoms with E-state index in [1.165, 1.54) is 6.42 Å². The summed E-state index contributed by atoms with van der Waals surface area (Å²) in [4.78, 5) is 29.9. The molecule has 1 saturated heterocycles. The maximum absolute atomic E-state index is 14.1. The molecule has 2 aromatic rings. The zero-order chi connectivity index (χ0) is 27.1. The number of aliphatic hydroxyl groups is 1. The van der Waals surface area contributed by atoms with Crippen molar-refractivity contribution >= 4 is 22.7 Å². The summed E-state index contributed by atoms with van der Waals surface area (Å²) in [7, 11) is 0. The molecule has 4 rings (SSSR count). The largest absolute Gasteiger partial charge is 0.394 e. The minimum Gasteiger partial charge on any atom is -0.394 e. The van der Waals surface area contributed by atoms with Gasteiger partial charge in [0.25, 0.3) is 5.91 Å². The molecule has 1 aromatic heterocycles. The van der Waals surface area contributed by atoms with E-state index in [-0.39, 0.29) is 44.1 Å². The lowest BCUT2D eigenvalue weighted by molar-refractivity contribution is -0.135. The van der Waals surface area contributed by atoms with Crippen LogP contribution in [-0.4, -0.2) is 96.5 Å². The Morgan fingerprint density at radius 1 is 0.921 bits per heavy atom. The maximum Gasteiger partial charge on any atom is 0.270 e. The van der Waals surface area contributed by atoms with Gasteiger partial charge in [-0.25, -0.2) is 8.78 Å². The summed E-state index contributed by atoms with van der Waals surface area (Å²) in [5.74, 6) is -2.07. The van der Waals surface area contributed by atoms with Crippen molar-refractivity contribution in [1.82, 2.24) is 14.4 Å². The highest BCUT2D eigenvalue weighted by molar-refractivity contribution is 5.99. The minimum atomic E-state index is -0.990. The molecule has 1 aliphatic heterocycles. The van der Waals surface area contributed by atoms with Gasteiger partial charge < -0.3 is 34.7 Å². The van der Waals surface area contributed by atoms with E-state index in [9.17, 15) is 18.4 Å². The highest BCUT2D eigenvalue weighted by Gasteiger charge is 2.33. The number of nitrogens with zero attached hydrogens (tertiary/aromatic N) is 3. The fourth-order valence-corrected chi connectivity index (χ4v) is 5.41. The van der Waals surface area contributed by atoms with Crippen LogP contribution in [0.5, 0.6) is 0 Å². The topological polar surface area (TPSA) is 110 Å². The predicted octanol–water partition coefficient (Wildman–Crippen LogP) is 2.14. The SMILES string of the molecule is N[C@H](C(=O)N1CCN(C(=O)c2cc3cc(F)c(F)cc3n2CCOCCOCCO)CC1)C1CCCCC1. The van der Waals surface area contributed by atoms with Crippen LogP contribution in [0.15, 0.2) is 18.2 Å². The number of carbonyl (C=O) groups is 2. The fraction of sp³-hybridized carbons (Fsp3) is 0.630. The molecule has 2 amide bonds. The molecular weight excluding hydrogens is 498 g/mol. The van der Waals surface area contributed by atoms with Crippen molar-refractivity contribution in [3.05, 3.63) is 35.5 Å². The van der Waals surface area contributed by atoms with Crippen molar-refractivity contribution in [2.24, 2.45) is 11.7 Å². The number of fused-ring (bicyclic) bond motifs is 1. The molecule has 2 heterocycles. The monoisotopic (exact) mass is 536 g/mol. The highest BCUT2D eigenvalue weighted by Crippen LogP contribution is 2.27. The third-order valence-electron chi connectivity index (χ3n) is 7.55. The normalized spacial score (nSPS) is 17.8. The lowest BCUT2D eigenvalue weighted by Crippen LogP contribution is -2.56. The molecular formula is C27H38F2N4O5. The van der Waals surface area contributed by atoms with Gasteiger partial charge in [-0.15, -0.1) is 0 Å². The van der Waals surface area contributed by atoms with Crippen LogP contribution in [0.25, 0.3) is 10.9 Å². The van der Waals surface area contributed by atoms with Gasteiger partial charge >= 0.3 is 0 Å². The first-order chi connectivity index (χ1) is 18.4. The van der Waals surface area contributed by atoms with E-state index in [1.54, 1.807) is 20.4 Å². The average molecular weight is 537 g/mol. The zero-order valence-electron chi connectivity index (χ0n) is 21.7. The maximum atomic E-state index is 14.1. The Morgan fingerprint density at radius 3 is 2.24 bits per heavy atom. The number of rotatable bonds is 11. The van der Waals surface area contributed by atoms with Gasteiger partial charge in [0.2, 0.25) is 5.91 Å². The average Bonchev–Trinajstić information content (AvgIpc) is 3.29. The van der Waals surface area contributed by atoms with Crippen molar-refractivity contribution in [3.63, 3.8) is 0 Å². The van der Waals surface area contributed by atoms with E-state index in [4.69, 9.17) is 20.3 Å². The quantitative estimate of drug-likeness (QED) is 0.426. The van der Waals surface area contributed by atoms with Crippen molar-refractivity contribution < 1.29 is 33.0 Å². The number of nitrogens with two attached hydrogens (primary N) is 1. The summed E-state index contributed by atoms with van der Waals surface area (Å²) < 4.78 is 40.4. The molecule has 210 valence electrons. The summed E-state index contributed by atoms with van der Waals surface area (Å²) in [5.41, 5.74) is 7.03. The summed E-state index contributed by atoms with van der Waals surface area (Å²) in [6.45, 7) is 2.74. The number of hydrogen-bond donors (Lipinski definition) is 2. The van der Waals surface area contributed by atoms with E-state index in [1.807, 2.05) is 0 Å². The van der Waals surface area contributed by atoms with E-state index >= 15 is 0 Å². The summed E-state index contributed by atoms with van der Waals surface area (Å²) in [6.07, 6.45) is 5.38. The molecule has 0 bridgehead atoms. The molecule has 0 unspecified atom stereocenters. The molecule has 11 heteroatoms. The first-order valence-corrected chi connectivity index (χ1v) is 13.5. The molecule has 1 saturated carbocycles. The molecule has 38 heavy (non-hydrogen) atoms. The first-order valence-electron chi connectivity index (χ1n) is 13.5. The van der Waals surface area contributed by atoms with Crippen LogP contribution >= 0.6 is 0 Å². The second kappa shape index (κ2) is 13.5. The Balaban J connectivity index is 1.41. The van der Waals surface area contributed by atoms with Crippen LogP contribution in [0.3, 0.4) is 0 Å². The number of benzene rings is 1. The van der Waals surface area contributed by atoms with Crippen LogP contribution in [0, 0.1) is 17.6 Å². The first kappa shape index (κ1) is 28.4. The number of amides is 2. The minimum absolute atomic E-state index is 0.0517. The molecule has 0 spiro atoms. The number of halogens is 2. The Bertz CT molecular complexity index is 1100. The third-order valence-corrected chi connectivity index (χ3v) is 7.55. The number of ether oxygens (including phenoxy) is 2. The van der Waals surface area contributed by atoms with Crippen molar-refractivity contribution in [3.8, 4) is 0 Å². The fourth-order valence-electron chi connectivity index (χ4n) is 5.41. The van der Waals surface area contributed by atoms with E-state index < -0.39 is 17.7 Å². The molecule has 2 aliphatic rings.